The van der Waals surface area contributed by atoms with Crippen molar-refractivity contribution < 1.29 is 9.59 Å². The highest BCUT2D eigenvalue weighted by Crippen LogP contribution is 2.29. The van der Waals surface area contributed by atoms with Crippen LogP contribution in [0.25, 0.3) is 10.2 Å². The normalized spacial score (nSPS) is 16.1. The van der Waals surface area contributed by atoms with Crippen LogP contribution in [0, 0.1) is 5.92 Å². The predicted octanol–water partition coefficient (Wildman–Crippen LogP) is 1.51. The van der Waals surface area contributed by atoms with Crippen molar-refractivity contribution >= 4 is 45.1 Å². The SMILES string of the molecule is NC(=O)C1CCN(C(=O)CSc2ncnc3ccsc23)CC1. The van der Waals surface area contributed by atoms with Crippen LogP contribution in [0.2, 0.25) is 0 Å². The molecule has 1 saturated heterocycles. The molecular formula is C14H16N4O2S2. The first kappa shape index (κ1) is 15.2. The summed E-state index contributed by atoms with van der Waals surface area (Å²) in [4.78, 5) is 33.7. The van der Waals surface area contributed by atoms with Gasteiger partial charge in [-0.15, -0.1) is 11.3 Å². The molecule has 0 radical (unpaired) electrons. The van der Waals surface area contributed by atoms with Gasteiger partial charge in [0.15, 0.2) is 0 Å². The second-order valence-electron chi connectivity index (χ2n) is 5.16. The Labute approximate surface area is 136 Å². The van der Waals surface area contributed by atoms with Gasteiger partial charge < -0.3 is 10.6 Å². The van der Waals surface area contributed by atoms with Crippen molar-refractivity contribution in [3.8, 4) is 0 Å². The zero-order valence-corrected chi connectivity index (χ0v) is 13.5. The smallest absolute Gasteiger partial charge is 0.232 e. The number of aromatic nitrogens is 2. The van der Waals surface area contributed by atoms with Crippen LogP contribution in [0.15, 0.2) is 22.8 Å². The lowest BCUT2D eigenvalue weighted by Crippen LogP contribution is -2.42. The van der Waals surface area contributed by atoms with Crippen LogP contribution in [-0.2, 0) is 9.59 Å². The number of primary amides is 1. The highest BCUT2D eigenvalue weighted by atomic mass is 32.2. The number of nitrogens with two attached hydrogens (primary N) is 1. The zero-order valence-electron chi connectivity index (χ0n) is 11.9. The second-order valence-corrected chi connectivity index (χ2v) is 7.04. The van der Waals surface area contributed by atoms with E-state index >= 15 is 0 Å². The third kappa shape index (κ3) is 3.22. The minimum absolute atomic E-state index is 0.0799. The van der Waals surface area contributed by atoms with Crippen molar-refractivity contribution in [1.82, 2.24) is 14.9 Å². The van der Waals surface area contributed by atoms with Gasteiger partial charge in [0.05, 0.1) is 16.0 Å². The van der Waals surface area contributed by atoms with Crippen molar-refractivity contribution in [2.45, 2.75) is 17.9 Å². The van der Waals surface area contributed by atoms with E-state index in [9.17, 15) is 9.59 Å². The molecule has 0 spiro atoms. The molecular weight excluding hydrogens is 320 g/mol. The van der Waals surface area contributed by atoms with E-state index in [4.69, 9.17) is 5.73 Å². The van der Waals surface area contributed by atoms with Gasteiger partial charge in [-0.3, -0.25) is 9.59 Å². The Morgan fingerprint density at radius 1 is 1.36 bits per heavy atom. The van der Waals surface area contributed by atoms with Gasteiger partial charge in [0.1, 0.15) is 11.4 Å². The second kappa shape index (κ2) is 6.62. The van der Waals surface area contributed by atoms with Gasteiger partial charge in [0.2, 0.25) is 11.8 Å². The molecule has 116 valence electrons. The molecule has 0 atom stereocenters. The summed E-state index contributed by atoms with van der Waals surface area (Å²) in [5.74, 6) is 0.0775. The highest BCUT2D eigenvalue weighted by molar-refractivity contribution is 8.00. The molecule has 1 aliphatic heterocycles. The van der Waals surface area contributed by atoms with Gasteiger partial charge in [0.25, 0.3) is 0 Å². The monoisotopic (exact) mass is 336 g/mol. The molecule has 8 heteroatoms. The van der Waals surface area contributed by atoms with Crippen LogP contribution in [0.5, 0.6) is 0 Å². The van der Waals surface area contributed by atoms with Crippen LogP contribution >= 0.6 is 23.1 Å². The zero-order chi connectivity index (χ0) is 15.5. The van der Waals surface area contributed by atoms with E-state index in [1.165, 1.54) is 18.1 Å². The Hall–Kier alpha value is -1.67. The number of carbonyl (C=O) groups excluding carboxylic acids is 2. The van der Waals surface area contributed by atoms with Gasteiger partial charge in [-0.1, -0.05) is 11.8 Å². The first-order chi connectivity index (χ1) is 10.6. The first-order valence-corrected chi connectivity index (χ1v) is 8.90. The molecule has 0 unspecified atom stereocenters. The molecule has 1 aliphatic rings. The standard InChI is InChI=1S/C14H16N4O2S2/c15-13(20)9-1-4-18(5-2-9)11(19)7-22-14-12-10(3-6-21-12)16-8-17-14/h3,6,8-9H,1-2,4-5,7H2,(H2,15,20). The summed E-state index contributed by atoms with van der Waals surface area (Å²) in [6, 6.07) is 1.95. The summed E-state index contributed by atoms with van der Waals surface area (Å²) < 4.78 is 1.02. The lowest BCUT2D eigenvalue weighted by molar-refractivity contribution is -0.132. The molecule has 3 heterocycles. The summed E-state index contributed by atoms with van der Waals surface area (Å²) in [5, 5.41) is 2.82. The number of thiophene rings is 1. The number of nitrogens with zero attached hydrogens (tertiary/aromatic N) is 3. The van der Waals surface area contributed by atoms with Gasteiger partial charge in [-0.25, -0.2) is 9.97 Å². The van der Waals surface area contributed by atoms with Crippen LogP contribution < -0.4 is 5.73 Å². The molecule has 0 aromatic carbocycles. The van der Waals surface area contributed by atoms with E-state index in [1.54, 1.807) is 16.2 Å². The number of rotatable bonds is 4. The maximum absolute atomic E-state index is 12.3. The quantitative estimate of drug-likeness (QED) is 0.675. The minimum atomic E-state index is -0.262. The van der Waals surface area contributed by atoms with Crippen molar-refractivity contribution in [1.29, 1.82) is 0 Å². The maximum Gasteiger partial charge on any atom is 0.232 e. The molecule has 2 aromatic heterocycles. The topological polar surface area (TPSA) is 89.2 Å². The molecule has 2 N–H and O–H groups in total. The molecule has 2 aromatic rings. The Balaban J connectivity index is 1.57. The molecule has 6 nitrogen and oxygen atoms in total. The van der Waals surface area contributed by atoms with Crippen molar-refractivity contribution in [3.63, 3.8) is 0 Å². The van der Waals surface area contributed by atoms with E-state index < -0.39 is 0 Å². The Bertz CT molecular complexity index is 695. The molecule has 0 bridgehead atoms. The third-order valence-corrected chi connectivity index (χ3v) is 5.81. The largest absolute Gasteiger partial charge is 0.369 e. The van der Waals surface area contributed by atoms with Crippen LogP contribution in [0.3, 0.4) is 0 Å². The number of likely N-dealkylation sites (tertiary alicyclic amines) is 1. The first-order valence-electron chi connectivity index (χ1n) is 7.03. The fraction of sp³-hybridized carbons (Fsp3) is 0.429. The van der Waals surface area contributed by atoms with Gasteiger partial charge in [0, 0.05) is 19.0 Å². The van der Waals surface area contributed by atoms with Crippen molar-refractivity contribution in [3.05, 3.63) is 17.8 Å². The van der Waals surface area contributed by atoms with E-state index in [2.05, 4.69) is 9.97 Å². The summed E-state index contributed by atoms with van der Waals surface area (Å²) in [7, 11) is 0. The molecule has 22 heavy (non-hydrogen) atoms. The number of thioether (sulfide) groups is 1. The van der Waals surface area contributed by atoms with Gasteiger partial charge >= 0.3 is 0 Å². The molecule has 1 fully saturated rings. The number of hydrogen-bond donors (Lipinski definition) is 1. The molecule has 2 amide bonds. The van der Waals surface area contributed by atoms with Gasteiger partial charge in [-0.2, -0.15) is 0 Å². The number of hydrogen-bond acceptors (Lipinski definition) is 6. The number of carbonyl (C=O) groups is 2. The average Bonchev–Trinajstić information content (AvgIpc) is 3.01. The van der Waals surface area contributed by atoms with E-state index in [-0.39, 0.29) is 17.7 Å². The molecule has 3 rings (SSSR count). The maximum atomic E-state index is 12.3. The van der Waals surface area contributed by atoms with E-state index in [0.717, 1.165) is 15.2 Å². The average molecular weight is 336 g/mol. The lowest BCUT2D eigenvalue weighted by Gasteiger charge is -2.30. The summed E-state index contributed by atoms with van der Waals surface area (Å²) in [6.07, 6.45) is 2.85. The predicted molar refractivity (Wildman–Crippen MR) is 86.6 cm³/mol. The Morgan fingerprint density at radius 2 is 2.14 bits per heavy atom. The van der Waals surface area contributed by atoms with Gasteiger partial charge in [-0.05, 0) is 24.3 Å². The number of piperidine rings is 1. The fourth-order valence-electron chi connectivity index (χ4n) is 2.50. The number of amides is 2. The Morgan fingerprint density at radius 3 is 2.86 bits per heavy atom. The number of fused-ring (bicyclic) bond motifs is 1. The summed E-state index contributed by atoms with van der Waals surface area (Å²) in [6.45, 7) is 1.20. The van der Waals surface area contributed by atoms with Crippen molar-refractivity contribution in [2.24, 2.45) is 11.7 Å². The third-order valence-electron chi connectivity index (χ3n) is 3.79. The molecule has 0 aliphatic carbocycles. The fourth-order valence-corrected chi connectivity index (χ4v) is 4.35. The van der Waals surface area contributed by atoms with Crippen LogP contribution in [0.4, 0.5) is 0 Å². The lowest BCUT2D eigenvalue weighted by atomic mass is 9.96. The van der Waals surface area contributed by atoms with Crippen LogP contribution in [0.1, 0.15) is 12.8 Å². The summed E-state index contributed by atoms with van der Waals surface area (Å²) >= 11 is 3.02. The van der Waals surface area contributed by atoms with Crippen molar-refractivity contribution in [2.75, 3.05) is 18.8 Å². The Kier molecular flexibility index (Phi) is 4.58. The summed E-state index contributed by atoms with van der Waals surface area (Å²) in [5.41, 5.74) is 6.22. The van der Waals surface area contributed by atoms with E-state index in [0.29, 0.717) is 31.7 Å². The van der Waals surface area contributed by atoms with Crippen LogP contribution in [-0.4, -0.2) is 45.5 Å². The highest BCUT2D eigenvalue weighted by Gasteiger charge is 2.25. The minimum Gasteiger partial charge on any atom is -0.369 e. The van der Waals surface area contributed by atoms with E-state index in [1.807, 2.05) is 11.4 Å². The molecule has 0 saturated carbocycles.